The molecular weight excluding hydrogens is 134 g/mol. The summed E-state index contributed by atoms with van der Waals surface area (Å²) in [4.78, 5) is 0. The smallest absolute Gasteiger partial charge is 0.249 e. The summed E-state index contributed by atoms with van der Waals surface area (Å²) in [5.41, 5.74) is 0. The Bertz CT molecular complexity index is 56.0. The molecule has 4 heteroatoms. The third-order valence-corrected chi connectivity index (χ3v) is 2.86. The molecule has 1 aliphatic rings. The molecular formula is C4H15NOSi2. The summed E-state index contributed by atoms with van der Waals surface area (Å²) in [5, 5.41) is 5.55. The Morgan fingerprint density at radius 2 is 2.12 bits per heavy atom. The fourth-order valence-corrected chi connectivity index (χ4v) is 2.09. The van der Waals surface area contributed by atoms with Gasteiger partial charge in [0.15, 0.2) is 0 Å². The van der Waals surface area contributed by atoms with Crippen molar-refractivity contribution in [2.24, 2.45) is 5.40 Å². The molecule has 0 saturated carbocycles. The SMILES string of the molecule is N[SiH]1CCCCO1.[SiH4]. The fraction of sp³-hybridized carbons (Fsp3) is 1.00. The molecule has 1 saturated heterocycles. The van der Waals surface area contributed by atoms with E-state index >= 15 is 0 Å². The van der Waals surface area contributed by atoms with Crippen LogP contribution in [0.5, 0.6) is 0 Å². The molecule has 0 aliphatic carbocycles. The van der Waals surface area contributed by atoms with Crippen molar-refractivity contribution in [3.05, 3.63) is 0 Å². The van der Waals surface area contributed by atoms with Crippen LogP contribution < -0.4 is 5.40 Å². The highest BCUT2D eigenvalue weighted by molar-refractivity contribution is 6.48. The average Bonchev–Trinajstić information content (AvgIpc) is 1.69. The molecule has 2 N–H and O–H groups in total. The fourth-order valence-electron chi connectivity index (χ4n) is 0.766. The van der Waals surface area contributed by atoms with Crippen molar-refractivity contribution in [3.63, 3.8) is 0 Å². The predicted molar refractivity (Wildman–Crippen MR) is 42.7 cm³/mol. The van der Waals surface area contributed by atoms with Crippen LogP contribution in [0.15, 0.2) is 0 Å². The second-order valence-corrected chi connectivity index (χ2v) is 3.89. The minimum atomic E-state index is -1.09. The third kappa shape index (κ3) is 2.61. The van der Waals surface area contributed by atoms with Crippen LogP contribution in [0.25, 0.3) is 0 Å². The van der Waals surface area contributed by atoms with E-state index in [1.807, 2.05) is 0 Å². The van der Waals surface area contributed by atoms with Gasteiger partial charge in [-0.3, -0.25) is 0 Å². The lowest BCUT2D eigenvalue weighted by Crippen LogP contribution is -2.32. The summed E-state index contributed by atoms with van der Waals surface area (Å²) in [6.45, 7) is 0.924. The molecule has 8 heavy (non-hydrogen) atoms. The van der Waals surface area contributed by atoms with Crippen molar-refractivity contribution in [3.8, 4) is 0 Å². The summed E-state index contributed by atoms with van der Waals surface area (Å²) in [6, 6.07) is 1.18. The van der Waals surface area contributed by atoms with Gasteiger partial charge in [0.25, 0.3) is 0 Å². The maximum absolute atomic E-state index is 5.55. The van der Waals surface area contributed by atoms with Crippen molar-refractivity contribution >= 4 is 20.2 Å². The zero-order valence-corrected chi connectivity index (χ0v) is 5.55. The lowest BCUT2D eigenvalue weighted by molar-refractivity contribution is 0.287. The minimum Gasteiger partial charge on any atom is -0.406 e. The van der Waals surface area contributed by atoms with Crippen molar-refractivity contribution in [2.45, 2.75) is 18.9 Å². The van der Waals surface area contributed by atoms with E-state index in [0.29, 0.717) is 0 Å². The van der Waals surface area contributed by atoms with Gasteiger partial charge < -0.3 is 9.83 Å². The second-order valence-electron chi connectivity index (χ2n) is 1.91. The molecule has 1 heterocycles. The van der Waals surface area contributed by atoms with E-state index < -0.39 is 9.20 Å². The molecule has 0 bridgehead atoms. The van der Waals surface area contributed by atoms with Crippen LogP contribution in [0.1, 0.15) is 12.8 Å². The Morgan fingerprint density at radius 3 is 2.38 bits per heavy atom. The van der Waals surface area contributed by atoms with Crippen molar-refractivity contribution in [1.29, 1.82) is 0 Å². The summed E-state index contributed by atoms with van der Waals surface area (Å²) in [7, 11) is -1.09. The largest absolute Gasteiger partial charge is 0.406 e. The first-order valence-electron chi connectivity index (χ1n) is 2.77. The molecule has 1 unspecified atom stereocenters. The summed E-state index contributed by atoms with van der Waals surface area (Å²) in [6.07, 6.45) is 2.52. The second kappa shape index (κ2) is 4.25. The normalized spacial score (nSPS) is 28.9. The van der Waals surface area contributed by atoms with Gasteiger partial charge in [0, 0.05) is 6.61 Å². The van der Waals surface area contributed by atoms with Crippen molar-refractivity contribution < 1.29 is 4.43 Å². The van der Waals surface area contributed by atoms with Crippen LogP contribution in [-0.4, -0.2) is 26.8 Å². The highest BCUT2D eigenvalue weighted by Crippen LogP contribution is 2.05. The number of hydrogen-bond acceptors (Lipinski definition) is 2. The van der Waals surface area contributed by atoms with Crippen LogP contribution >= 0.6 is 0 Å². The summed E-state index contributed by atoms with van der Waals surface area (Å²) < 4.78 is 5.19. The van der Waals surface area contributed by atoms with E-state index in [9.17, 15) is 0 Å². The molecule has 50 valence electrons. The summed E-state index contributed by atoms with van der Waals surface area (Å²) >= 11 is 0. The molecule has 1 aliphatic heterocycles. The molecule has 0 amide bonds. The first-order chi connectivity index (χ1) is 3.39. The molecule has 0 aromatic heterocycles. The van der Waals surface area contributed by atoms with Gasteiger partial charge in [-0.1, -0.05) is 6.42 Å². The van der Waals surface area contributed by atoms with Crippen LogP contribution in [-0.2, 0) is 4.43 Å². The lowest BCUT2D eigenvalue weighted by atomic mass is 10.4. The highest BCUT2D eigenvalue weighted by atomic mass is 28.3. The molecule has 1 rings (SSSR count). The van der Waals surface area contributed by atoms with E-state index in [-0.39, 0.29) is 11.0 Å². The van der Waals surface area contributed by atoms with E-state index in [0.717, 1.165) is 6.61 Å². The topological polar surface area (TPSA) is 35.2 Å². The van der Waals surface area contributed by atoms with Crippen molar-refractivity contribution in [1.82, 2.24) is 0 Å². The van der Waals surface area contributed by atoms with Crippen LogP contribution in [0, 0.1) is 0 Å². The quantitative estimate of drug-likeness (QED) is 0.427. The van der Waals surface area contributed by atoms with E-state index in [4.69, 9.17) is 9.83 Å². The maximum Gasteiger partial charge on any atom is 0.249 e. The molecule has 1 atom stereocenters. The molecule has 2 nitrogen and oxygen atoms in total. The molecule has 1 fully saturated rings. The van der Waals surface area contributed by atoms with Gasteiger partial charge in [0.1, 0.15) is 0 Å². The third-order valence-electron chi connectivity index (χ3n) is 1.21. The molecule has 0 radical (unpaired) electrons. The minimum absolute atomic E-state index is 0. The average molecular weight is 149 g/mol. The van der Waals surface area contributed by atoms with E-state index in [1.54, 1.807) is 0 Å². The number of nitrogens with two attached hydrogens (primary N) is 1. The standard InChI is InChI=1S/C4H11NOSi.H4Si/c5-7-4-2-1-3-6-7;/h7H,1-5H2;1H4. The predicted octanol–water partition coefficient (Wildman–Crippen LogP) is -1.48. The Labute approximate surface area is 56.2 Å². The molecule has 0 aromatic rings. The van der Waals surface area contributed by atoms with E-state index in [1.165, 1.54) is 18.9 Å². The van der Waals surface area contributed by atoms with Gasteiger partial charge in [-0.05, 0) is 23.4 Å². The Hall–Kier alpha value is 0.354. The first-order valence-corrected chi connectivity index (χ1v) is 4.72. The van der Waals surface area contributed by atoms with Gasteiger partial charge in [-0.15, -0.1) is 0 Å². The van der Waals surface area contributed by atoms with Crippen LogP contribution in [0.3, 0.4) is 0 Å². The van der Waals surface area contributed by atoms with Crippen molar-refractivity contribution in [2.75, 3.05) is 6.61 Å². The highest BCUT2D eigenvalue weighted by Gasteiger charge is 2.09. The zero-order chi connectivity index (χ0) is 5.11. The van der Waals surface area contributed by atoms with Gasteiger partial charge in [0.05, 0.1) is 0 Å². The monoisotopic (exact) mass is 149 g/mol. The van der Waals surface area contributed by atoms with E-state index in [2.05, 4.69) is 0 Å². The van der Waals surface area contributed by atoms with Gasteiger partial charge in [0.2, 0.25) is 9.20 Å². The Kier molecular flexibility index (Phi) is 4.44. The number of rotatable bonds is 0. The van der Waals surface area contributed by atoms with Gasteiger partial charge in [-0.2, -0.15) is 0 Å². The van der Waals surface area contributed by atoms with Crippen LogP contribution in [0.4, 0.5) is 0 Å². The summed E-state index contributed by atoms with van der Waals surface area (Å²) in [5.74, 6) is 0. The van der Waals surface area contributed by atoms with Crippen LogP contribution in [0.2, 0.25) is 6.04 Å². The van der Waals surface area contributed by atoms with Gasteiger partial charge >= 0.3 is 0 Å². The number of hydrogen-bond donors (Lipinski definition) is 1. The zero-order valence-electron chi connectivity index (χ0n) is 4.39. The Morgan fingerprint density at radius 1 is 1.38 bits per heavy atom. The Balaban J connectivity index is 0.000000490. The molecule has 0 spiro atoms. The maximum atomic E-state index is 5.55. The lowest BCUT2D eigenvalue weighted by Gasteiger charge is -2.15. The van der Waals surface area contributed by atoms with Gasteiger partial charge in [-0.25, -0.2) is 0 Å². The first kappa shape index (κ1) is 8.35. The molecule has 0 aromatic carbocycles.